The Morgan fingerprint density at radius 3 is 2.38 bits per heavy atom. The number of benzene rings is 3. The largest absolute Gasteiger partial charge is 0.423 e. The quantitative estimate of drug-likeness (QED) is 0.448. The van der Waals surface area contributed by atoms with Crippen LogP contribution in [-0.2, 0) is 0 Å². The molecule has 0 unspecified atom stereocenters. The molecule has 2 amide bonds. The number of esters is 1. The summed E-state index contributed by atoms with van der Waals surface area (Å²) in [5.74, 6) is -1.17. The second kappa shape index (κ2) is 5.31. The monoisotopic (exact) mass is 317 g/mol. The fourth-order valence-electron chi connectivity index (χ4n) is 2.81. The first kappa shape index (κ1) is 14.1. The predicted molar refractivity (Wildman–Crippen MR) is 87.1 cm³/mol. The van der Waals surface area contributed by atoms with E-state index in [1.54, 1.807) is 54.6 Å². The number of carbonyl (C=O) groups is 3. The molecule has 1 N–H and O–H groups in total. The maximum atomic E-state index is 12.2. The Hall–Kier alpha value is -3.47. The van der Waals surface area contributed by atoms with E-state index in [0.29, 0.717) is 27.5 Å². The fraction of sp³-hybridized carbons (Fsp3) is 0. The van der Waals surface area contributed by atoms with Gasteiger partial charge in [0.15, 0.2) is 0 Å². The highest BCUT2D eigenvalue weighted by Crippen LogP contribution is 2.31. The van der Waals surface area contributed by atoms with Crippen molar-refractivity contribution in [3.05, 3.63) is 77.4 Å². The molecule has 0 aliphatic carbocycles. The molecule has 24 heavy (non-hydrogen) atoms. The van der Waals surface area contributed by atoms with E-state index in [1.807, 2.05) is 0 Å². The number of carbonyl (C=O) groups excluding carboxylic acids is 3. The molecule has 5 nitrogen and oxygen atoms in total. The minimum Gasteiger partial charge on any atom is -0.423 e. The van der Waals surface area contributed by atoms with Gasteiger partial charge in [0.2, 0.25) is 0 Å². The van der Waals surface area contributed by atoms with E-state index in [2.05, 4.69) is 5.32 Å². The zero-order chi connectivity index (χ0) is 16.7. The summed E-state index contributed by atoms with van der Waals surface area (Å²) >= 11 is 0. The van der Waals surface area contributed by atoms with Gasteiger partial charge in [-0.3, -0.25) is 14.9 Å². The van der Waals surface area contributed by atoms with E-state index >= 15 is 0 Å². The van der Waals surface area contributed by atoms with Crippen molar-refractivity contribution in [2.45, 2.75) is 0 Å². The van der Waals surface area contributed by atoms with Crippen molar-refractivity contribution in [1.82, 2.24) is 5.32 Å². The maximum Gasteiger partial charge on any atom is 0.343 e. The van der Waals surface area contributed by atoms with Crippen molar-refractivity contribution >= 4 is 28.6 Å². The molecule has 4 rings (SSSR count). The Balaban J connectivity index is 1.81. The molecule has 0 saturated carbocycles. The van der Waals surface area contributed by atoms with Gasteiger partial charge in [-0.15, -0.1) is 0 Å². The van der Waals surface area contributed by atoms with Crippen LogP contribution in [0.2, 0.25) is 0 Å². The molecule has 1 heterocycles. The average Bonchev–Trinajstić information content (AvgIpc) is 2.60. The SMILES string of the molecule is O=C(Oc1cc2c3c(cccc3c1)C(=O)NC2=O)c1ccccc1. The first-order valence-electron chi connectivity index (χ1n) is 7.33. The van der Waals surface area contributed by atoms with Gasteiger partial charge in [0, 0.05) is 10.9 Å². The van der Waals surface area contributed by atoms with Crippen LogP contribution in [0.4, 0.5) is 0 Å². The number of imide groups is 1. The average molecular weight is 317 g/mol. The van der Waals surface area contributed by atoms with Crippen molar-refractivity contribution in [2.24, 2.45) is 0 Å². The lowest BCUT2D eigenvalue weighted by Crippen LogP contribution is -2.34. The van der Waals surface area contributed by atoms with E-state index in [0.717, 1.165) is 0 Å². The van der Waals surface area contributed by atoms with Crippen molar-refractivity contribution in [3.8, 4) is 5.75 Å². The molecule has 3 aromatic rings. The molecule has 3 aromatic carbocycles. The number of nitrogens with one attached hydrogen (secondary N) is 1. The van der Waals surface area contributed by atoms with Crippen LogP contribution in [0, 0.1) is 0 Å². The molecule has 0 fully saturated rings. The third kappa shape index (κ3) is 2.23. The molecule has 5 heteroatoms. The fourth-order valence-corrected chi connectivity index (χ4v) is 2.81. The number of rotatable bonds is 2. The van der Waals surface area contributed by atoms with Gasteiger partial charge in [-0.1, -0.05) is 30.3 Å². The number of ether oxygens (including phenoxy) is 1. The molecule has 0 aromatic heterocycles. The summed E-state index contributed by atoms with van der Waals surface area (Å²) in [6.07, 6.45) is 0. The lowest BCUT2D eigenvalue weighted by Gasteiger charge is -2.17. The van der Waals surface area contributed by atoms with E-state index in [1.165, 1.54) is 6.07 Å². The van der Waals surface area contributed by atoms with E-state index in [4.69, 9.17) is 4.74 Å². The summed E-state index contributed by atoms with van der Waals surface area (Å²) in [7, 11) is 0. The van der Waals surface area contributed by atoms with Crippen LogP contribution in [0.1, 0.15) is 31.1 Å². The predicted octanol–water partition coefficient (Wildman–Crippen LogP) is 2.94. The van der Waals surface area contributed by atoms with Crippen LogP contribution < -0.4 is 10.1 Å². The van der Waals surface area contributed by atoms with E-state index in [-0.39, 0.29) is 5.75 Å². The van der Waals surface area contributed by atoms with Crippen LogP contribution in [0.25, 0.3) is 10.8 Å². The highest BCUT2D eigenvalue weighted by molar-refractivity contribution is 6.25. The third-order valence-corrected chi connectivity index (χ3v) is 3.89. The Kier molecular flexibility index (Phi) is 3.13. The van der Waals surface area contributed by atoms with Gasteiger partial charge < -0.3 is 4.74 Å². The first-order chi connectivity index (χ1) is 11.6. The third-order valence-electron chi connectivity index (χ3n) is 3.89. The highest BCUT2D eigenvalue weighted by Gasteiger charge is 2.25. The Bertz CT molecular complexity index is 1010. The first-order valence-corrected chi connectivity index (χ1v) is 7.33. The van der Waals surface area contributed by atoms with Gasteiger partial charge in [-0.05, 0) is 35.7 Å². The summed E-state index contributed by atoms with van der Waals surface area (Å²) in [5, 5.41) is 3.53. The molecular weight excluding hydrogens is 306 g/mol. The Labute approximate surface area is 136 Å². The van der Waals surface area contributed by atoms with Crippen LogP contribution in [0.15, 0.2) is 60.7 Å². The van der Waals surface area contributed by atoms with Crippen LogP contribution in [-0.4, -0.2) is 17.8 Å². The van der Waals surface area contributed by atoms with Crippen molar-refractivity contribution in [3.63, 3.8) is 0 Å². The van der Waals surface area contributed by atoms with Gasteiger partial charge in [0.25, 0.3) is 11.8 Å². The molecule has 1 aliphatic heterocycles. The van der Waals surface area contributed by atoms with Gasteiger partial charge in [0.1, 0.15) is 5.75 Å². The Morgan fingerprint density at radius 2 is 1.58 bits per heavy atom. The topological polar surface area (TPSA) is 72.5 Å². The normalized spacial score (nSPS) is 12.8. The zero-order valence-corrected chi connectivity index (χ0v) is 12.4. The lowest BCUT2D eigenvalue weighted by atomic mass is 9.95. The minimum absolute atomic E-state index is 0.257. The molecule has 116 valence electrons. The minimum atomic E-state index is -0.509. The molecular formula is C19H11NO4. The lowest BCUT2D eigenvalue weighted by molar-refractivity contribution is 0.0731. The van der Waals surface area contributed by atoms with E-state index in [9.17, 15) is 14.4 Å². The summed E-state index contributed by atoms with van der Waals surface area (Å²) < 4.78 is 5.39. The number of hydrogen-bond donors (Lipinski definition) is 1. The molecule has 0 spiro atoms. The van der Waals surface area contributed by atoms with Gasteiger partial charge in [0.05, 0.1) is 11.1 Å². The zero-order valence-electron chi connectivity index (χ0n) is 12.4. The van der Waals surface area contributed by atoms with Gasteiger partial charge >= 0.3 is 5.97 Å². The van der Waals surface area contributed by atoms with Crippen molar-refractivity contribution in [1.29, 1.82) is 0 Å². The molecule has 0 saturated heterocycles. The second-order valence-corrected chi connectivity index (χ2v) is 5.41. The van der Waals surface area contributed by atoms with Gasteiger partial charge in [-0.25, -0.2) is 4.79 Å². The summed E-state index contributed by atoms with van der Waals surface area (Å²) in [5.41, 5.74) is 1.17. The molecule has 1 aliphatic rings. The molecule has 0 radical (unpaired) electrons. The molecule has 0 bridgehead atoms. The number of amides is 2. The van der Waals surface area contributed by atoms with Crippen molar-refractivity contribution < 1.29 is 19.1 Å². The second-order valence-electron chi connectivity index (χ2n) is 5.41. The highest BCUT2D eigenvalue weighted by atomic mass is 16.5. The van der Waals surface area contributed by atoms with Gasteiger partial charge in [-0.2, -0.15) is 0 Å². The van der Waals surface area contributed by atoms with Crippen molar-refractivity contribution in [2.75, 3.05) is 0 Å². The number of hydrogen-bond acceptors (Lipinski definition) is 4. The summed E-state index contributed by atoms with van der Waals surface area (Å²) in [4.78, 5) is 36.2. The van der Waals surface area contributed by atoms with Crippen LogP contribution in [0.5, 0.6) is 5.75 Å². The molecule has 0 atom stereocenters. The van der Waals surface area contributed by atoms with Crippen LogP contribution >= 0.6 is 0 Å². The summed E-state index contributed by atoms with van der Waals surface area (Å²) in [6.45, 7) is 0. The Morgan fingerprint density at radius 1 is 0.833 bits per heavy atom. The standard InChI is InChI=1S/C19H11NO4/c21-17-14-8-4-7-12-9-13(10-15(16(12)14)18(22)20-17)24-19(23)11-5-2-1-3-6-11/h1-10H,(H,20,21,22). The van der Waals surface area contributed by atoms with E-state index < -0.39 is 17.8 Å². The van der Waals surface area contributed by atoms with Crippen LogP contribution in [0.3, 0.4) is 0 Å². The summed E-state index contributed by atoms with van der Waals surface area (Å²) in [6, 6.07) is 16.9. The maximum absolute atomic E-state index is 12.2. The smallest absolute Gasteiger partial charge is 0.343 e.